The van der Waals surface area contributed by atoms with Crippen LogP contribution in [0.25, 0.3) is 0 Å². The summed E-state index contributed by atoms with van der Waals surface area (Å²) >= 11 is 0. The van der Waals surface area contributed by atoms with Crippen molar-refractivity contribution >= 4 is 5.91 Å². The van der Waals surface area contributed by atoms with Crippen LogP contribution in [0.2, 0.25) is 0 Å². The van der Waals surface area contributed by atoms with Crippen LogP contribution in [0.1, 0.15) is 24.2 Å². The van der Waals surface area contributed by atoms with Gasteiger partial charge in [0.05, 0.1) is 6.61 Å². The predicted molar refractivity (Wildman–Crippen MR) is 84.4 cm³/mol. The zero-order chi connectivity index (χ0) is 18.1. The summed E-state index contributed by atoms with van der Waals surface area (Å²) in [4.78, 5) is 15.8. The third-order valence-electron chi connectivity index (χ3n) is 4.76. The van der Waals surface area contributed by atoms with Gasteiger partial charge in [-0.05, 0) is 31.0 Å². The lowest BCUT2D eigenvalue weighted by Gasteiger charge is -2.45. The summed E-state index contributed by atoms with van der Waals surface area (Å²) in [5.74, 6) is -2.40. The molecule has 4 nitrogen and oxygen atoms in total. The molecule has 0 radical (unpaired) electrons. The fourth-order valence-electron chi connectivity index (χ4n) is 2.94. The maximum Gasteiger partial charge on any atom is 0.253 e. The van der Waals surface area contributed by atoms with Gasteiger partial charge in [-0.25, -0.2) is 13.2 Å². The van der Waals surface area contributed by atoms with Crippen molar-refractivity contribution in [3.8, 4) is 0 Å². The molecule has 1 aromatic rings. The summed E-state index contributed by atoms with van der Waals surface area (Å²) in [7, 11) is 1.61. The van der Waals surface area contributed by atoms with Gasteiger partial charge in [0.2, 0.25) is 0 Å². The lowest BCUT2D eigenvalue weighted by molar-refractivity contribution is -0.0741. The molecule has 134 valence electrons. The number of likely N-dealkylation sites (tertiary alicyclic amines) is 1. The van der Waals surface area contributed by atoms with E-state index >= 15 is 0 Å². The molecule has 1 N–H and O–H groups in total. The molecule has 0 aliphatic carbocycles. The summed E-state index contributed by atoms with van der Waals surface area (Å²) in [5.41, 5.74) is -1.43. The SMILES string of the molecule is CC(CN1CC(F)(CO)C1)C(C)N(C)C(=O)c1ccc(F)c(F)c1. The molecule has 0 saturated carbocycles. The van der Waals surface area contributed by atoms with Crippen molar-refractivity contribution < 1.29 is 23.1 Å². The van der Waals surface area contributed by atoms with Crippen molar-refractivity contribution in [3.05, 3.63) is 35.4 Å². The summed E-state index contributed by atoms with van der Waals surface area (Å²) in [6.45, 7) is 4.26. The van der Waals surface area contributed by atoms with Crippen molar-refractivity contribution in [2.24, 2.45) is 5.92 Å². The van der Waals surface area contributed by atoms with Crippen LogP contribution in [-0.2, 0) is 0 Å². The molecule has 24 heavy (non-hydrogen) atoms. The van der Waals surface area contributed by atoms with Gasteiger partial charge >= 0.3 is 0 Å². The number of halogens is 3. The van der Waals surface area contributed by atoms with E-state index in [1.165, 1.54) is 11.0 Å². The Morgan fingerprint density at radius 2 is 1.96 bits per heavy atom. The molecular formula is C17H23F3N2O2. The Balaban J connectivity index is 1.94. The monoisotopic (exact) mass is 344 g/mol. The van der Waals surface area contributed by atoms with Crippen molar-refractivity contribution in [2.45, 2.75) is 25.6 Å². The summed E-state index contributed by atoms with van der Waals surface area (Å²) in [6, 6.07) is 2.90. The first-order valence-electron chi connectivity index (χ1n) is 7.91. The largest absolute Gasteiger partial charge is 0.393 e. The second-order valence-electron chi connectivity index (χ2n) is 6.74. The van der Waals surface area contributed by atoms with Crippen LogP contribution >= 0.6 is 0 Å². The average molecular weight is 344 g/mol. The second-order valence-corrected chi connectivity index (χ2v) is 6.74. The van der Waals surface area contributed by atoms with E-state index in [9.17, 15) is 18.0 Å². The number of aliphatic hydroxyl groups excluding tert-OH is 1. The average Bonchev–Trinajstić information content (AvgIpc) is 2.53. The van der Waals surface area contributed by atoms with Gasteiger partial charge in [-0.3, -0.25) is 9.69 Å². The highest BCUT2D eigenvalue weighted by Crippen LogP contribution is 2.26. The quantitative estimate of drug-likeness (QED) is 0.859. The maximum atomic E-state index is 13.7. The lowest BCUT2D eigenvalue weighted by atomic mass is 9.93. The van der Waals surface area contributed by atoms with E-state index in [0.717, 1.165) is 12.1 Å². The fraction of sp³-hybridized carbons (Fsp3) is 0.588. The fourth-order valence-corrected chi connectivity index (χ4v) is 2.94. The number of carbonyl (C=O) groups excluding carboxylic acids is 1. The van der Waals surface area contributed by atoms with E-state index in [0.29, 0.717) is 6.54 Å². The molecule has 1 fully saturated rings. The van der Waals surface area contributed by atoms with Gasteiger partial charge in [-0.2, -0.15) is 0 Å². The molecule has 0 spiro atoms. The molecule has 1 saturated heterocycles. The Hall–Kier alpha value is -1.60. The first kappa shape index (κ1) is 18.7. The standard InChI is InChI=1S/C17H23F3N2O2/c1-11(7-22-8-17(20,9-22)10-23)12(2)21(3)16(24)13-4-5-14(18)15(19)6-13/h4-6,11-12,23H,7-10H2,1-3H3. The van der Waals surface area contributed by atoms with E-state index in [4.69, 9.17) is 5.11 Å². The van der Waals surface area contributed by atoms with E-state index in [2.05, 4.69) is 0 Å². The third-order valence-corrected chi connectivity index (χ3v) is 4.76. The van der Waals surface area contributed by atoms with Gasteiger partial charge in [0.15, 0.2) is 17.3 Å². The van der Waals surface area contributed by atoms with E-state index in [1.54, 1.807) is 7.05 Å². The Morgan fingerprint density at radius 1 is 1.33 bits per heavy atom. The van der Waals surface area contributed by atoms with Gasteiger partial charge in [-0.15, -0.1) is 0 Å². The minimum atomic E-state index is -1.52. The number of amides is 1. The number of carbonyl (C=O) groups is 1. The van der Waals surface area contributed by atoms with Gasteiger partial charge < -0.3 is 10.0 Å². The Morgan fingerprint density at radius 3 is 2.50 bits per heavy atom. The van der Waals surface area contributed by atoms with Crippen molar-refractivity contribution in [1.82, 2.24) is 9.80 Å². The summed E-state index contributed by atoms with van der Waals surface area (Å²) < 4.78 is 40.0. The smallest absolute Gasteiger partial charge is 0.253 e. The van der Waals surface area contributed by atoms with Gasteiger partial charge in [-0.1, -0.05) is 6.92 Å². The minimum absolute atomic E-state index is 0.0486. The van der Waals surface area contributed by atoms with Crippen molar-refractivity contribution in [3.63, 3.8) is 0 Å². The number of rotatable bonds is 6. The molecule has 1 heterocycles. The van der Waals surface area contributed by atoms with Crippen molar-refractivity contribution in [1.29, 1.82) is 0 Å². The second kappa shape index (κ2) is 7.11. The molecule has 0 bridgehead atoms. The lowest BCUT2D eigenvalue weighted by Crippen LogP contribution is -2.62. The number of nitrogens with zero attached hydrogens (tertiary/aromatic N) is 2. The Bertz CT molecular complexity index is 605. The molecule has 2 atom stereocenters. The molecule has 1 amide bonds. The number of alkyl halides is 1. The molecule has 7 heteroatoms. The highest BCUT2D eigenvalue weighted by atomic mass is 19.2. The minimum Gasteiger partial charge on any atom is -0.393 e. The number of aliphatic hydroxyl groups is 1. The van der Waals surface area contributed by atoms with Crippen LogP contribution in [-0.4, -0.2) is 65.8 Å². The Kier molecular flexibility index (Phi) is 5.55. The molecule has 1 aliphatic heterocycles. The molecular weight excluding hydrogens is 321 g/mol. The highest BCUT2D eigenvalue weighted by Gasteiger charge is 2.43. The normalized spacial score (nSPS) is 19.5. The van der Waals surface area contributed by atoms with Crippen LogP contribution in [0.15, 0.2) is 18.2 Å². The summed E-state index contributed by atoms with van der Waals surface area (Å²) in [6.07, 6.45) is 0. The topological polar surface area (TPSA) is 43.8 Å². The van der Waals surface area contributed by atoms with E-state index < -0.39 is 29.8 Å². The van der Waals surface area contributed by atoms with Crippen molar-refractivity contribution in [2.75, 3.05) is 33.3 Å². The number of hydrogen-bond acceptors (Lipinski definition) is 3. The molecule has 2 rings (SSSR count). The van der Waals surface area contributed by atoms with Crippen LogP contribution < -0.4 is 0 Å². The molecule has 1 aromatic carbocycles. The first-order valence-corrected chi connectivity index (χ1v) is 7.91. The maximum absolute atomic E-state index is 13.7. The van der Waals surface area contributed by atoms with Crippen LogP contribution in [0.5, 0.6) is 0 Å². The van der Waals surface area contributed by atoms with Gasteiger partial charge in [0.25, 0.3) is 5.91 Å². The van der Waals surface area contributed by atoms with Crippen LogP contribution in [0.3, 0.4) is 0 Å². The third kappa shape index (κ3) is 3.89. The molecule has 2 unspecified atom stereocenters. The van der Waals surface area contributed by atoms with E-state index in [1.807, 2.05) is 18.7 Å². The number of benzene rings is 1. The van der Waals surface area contributed by atoms with Crippen LogP contribution in [0, 0.1) is 17.6 Å². The highest BCUT2D eigenvalue weighted by molar-refractivity contribution is 5.94. The van der Waals surface area contributed by atoms with Gasteiger partial charge in [0, 0.05) is 38.3 Å². The predicted octanol–water partition coefficient (Wildman–Crippen LogP) is 2.08. The zero-order valence-corrected chi connectivity index (χ0v) is 14.1. The first-order chi connectivity index (χ1) is 11.2. The van der Waals surface area contributed by atoms with E-state index in [-0.39, 0.29) is 30.6 Å². The Labute approximate surface area is 139 Å². The molecule has 1 aliphatic rings. The summed E-state index contributed by atoms with van der Waals surface area (Å²) in [5, 5.41) is 8.92. The van der Waals surface area contributed by atoms with Gasteiger partial charge in [0.1, 0.15) is 0 Å². The molecule has 0 aromatic heterocycles. The zero-order valence-electron chi connectivity index (χ0n) is 14.1. The number of hydrogen-bond donors (Lipinski definition) is 1. The van der Waals surface area contributed by atoms with Crippen LogP contribution in [0.4, 0.5) is 13.2 Å².